The zero-order valence-electron chi connectivity index (χ0n) is 19.9. The molecule has 1 N–H and O–H groups in total. The Hall–Kier alpha value is -3.56. The molecule has 0 atom stereocenters. The second-order valence-electron chi connectivity index (χ2n) is 8.84. The van der Waals surface area contributed by atoms with Crippen LogP contribution in [-0.4, -0.2) is 28.3 Å². The lowest BCUT2D eigenvalue weighted by Gasteiger charge is -2.28. The molecule has 2 aromatic carbocycles. The minimum absolute atomic E-state index is 0.0731. The second-order valence-corrected chi connectivity index (χ2v) is 10.2. The summed E-state index contributed by atoms with van der Waals surface area (Å²) in [6, 6.07) is 12.9. The number of thiophene rings is 1. The van der Waals surface area contributed by atoms with Crippen molar-refractivity contribution in [1.82, 2.24) is 9.78 Å². The Morgan fingerprint density at radius 1 is 1.16 bits per heavy atom. The molecule has 1 fully saturated rings. The van der Waals surface area contributed by atoms with Gasteiger partial charge in [-0.3, -0.25) is 9.59 Å². The number of carbonyl (C=O) groups is 2. The first-order valence-electron chi connectivity index (χ1n) is 11.9. The normalized spacial score (nSPS) is 14.6. The molecule has 10 heteroatoms. The molecule has 7 nitrogen and oxygen atoms in total. The number of halogens is 2. The number of amides is 1. The maximum absolute atomic E-state index is 14.7. The number of benzene rings is 2. The molecule has 37 heavy (non-hydrogen) atoms. The Bertz CT molecular complexity index is 1560. The standard InChI is InChI=1S/C27H23ClFN3O4S/c1-2-36-25(34)22-18-15-37-23(21(18)24(33)32(31-22)20-8-4-3-7-19(20)29)30-26(35)27(13-5-6-14-27)16-9-11-17(28)12-10-16/h3-4,7-12,15H,2,5-6,13-14H2,1H3,(H,30,35). The van der Waals surface area contributed by atoms with E-state index in [9.17, 15) is 18.8 Å². The second kappa shape index (κ2) is 10.1. The molecule has 0 bridgehead atoms. The summed E-state index contributed by atoms with van der Waals surface area (Å²) >= 11 is 7.18. The van der Waals surface area contributed by atoms with E-state index in [2.05, 4.69) is 10.4 Å². The highest BCUT2D eigenvalue weighted by Gasteiger charge is 2.43. The quantitative estimate of drug-likeness (QED) is 0.310. The summed E-state index contributed by atoms with van der Waals surface area (Å²) in [6.45, 7) is 1.75. The number of nitrogens with one attached hydrogen (secondary N) is 1. The van der Waals surface area contributed by atoms with Crippen LogP contribution < -0.4 is 10.9 Å². The molecule has 0 spiro atoms. The Morgan fingerprint density at radius 3 is 2.54 bits per heavy atom. The van der Waals surface area contributed by atoms with Crippen molar-refractivity contribution in [2.24, 2.45) is 0 Å². The summed E-state index contributed by atoms with van der Waals surface area (Å²) < 4.78 is 20.6. The summed E-state index contributed by atoms with van der Waals surface area (Å²) in [4.78, 5) is 40.2. The lowest BCUT2D eigenvalue weighted by Crippen LogP contribution is -2.38. The zero-order valence-corrected chi connectivity index (χ0v) is 21.5. The number of carbonyl (C=O) groups excluding carboxylic acids is 2. The fourth-order valence-electron chi connectivity index (χ4n) is 4.90. The smallest absolute Gasteiger partial charge is 0.359 e. The van der Waals surface area contributed by atoms with Crippen LogP contribution in [0, 0.1) is 5.82 Å². The van der Waals surface area contributed by atoms with E-state index >= 15 is 0 Å². The third-order valence-electron chi connectivity index (χ3n) is 6.72. The van der Waals surface area contributed by atoms with Crippen molar-refractivity contribution in [3.63, 3.8) is 0 Å². The topological polar surface area (TPSA) is 90.3 Å². The number of para-hydroxylation sites is 1. The molecular formula is C27H23ClFN3O4S. The van der Waals surface area contributed by atoms with Crippen LogP contribution in [0.2, 0.25) is 5.02 Å². The fraction of sp³-hybridized carbons (Fsp3) is 0.259. The van der Waals surface area contributed by atoms with Gasteiger partial charge in [0.1, 0.15) is 16.5 Å². The lowest BCUT2D eigenvalue weighted by atomic mass is 9.78. The van der Waals surface area contributed by atoms with Gasteiger partial charge in [0.15, 0.2) is 5.69 Å². The van der Waals surface area contributed by atoms with Gasteiger partial charge in [-0.1, -0.05) is 48.7 Å². The van der Waals surface area contributed by atoms with E-state index in [0.29, 0.717) is 17.9 Å². The van der Waals surface area contributed by atoms with Gasteiger partial charge in [0.2, 0.25) is 5.91 Å². The molecule has 1 saturated carbocycles. The minimum atomic E-state index is -0.775. The number of esters is 1. The Labute approximate surface area is 220 Å². The first-order valence-corrected chi connectivity index (χ1v) is 13.2. The molecule has 4 aromatic rings. The van der Waals surface area contributed by atoms with Gasteiger partial charge >= 0.3 is 5.97 Å². The number of anilines is 1. The van der Waals surface area contributed by atoms with Gasteiger partial charge in [0.05, 0.1) is 17.4 Å². The first kappa shape index (κ1) is 25.1. The van der Waals surface area contributed by atoms with Crippen LogP contribution in [-0.2, 0) is 14.9 Å². The monoisotopic (exact) mass is 539 g/mol. The van der Waals surface area contributed by atoms with Gasteiger partial charge in [-0.2, -0.15) is 9.78 Å². The van der Waals surface area contributed by atoms with Gasteiger partial charge in [0.25, 0.3) is 5.56 Å². The van der Waals surface area contributed by atoms with Crippen LogP contribution in [0.3, 0.4) is 0 Å². The summed E-state index contributed by atoms with van der Waals surface area (Å²) in [5.41, 5.74) is -0.828. The van der Waals surface area contributed by atoms with Crippen molar-refractivity contribution in [1.29, 1.82) is 0 Å². The average molecular weight is 540 g/mol. The minimum Gasteiger partial charge on any atom is -0.461 e. The number of aromatic nitrogens is 2. The summed E-state index contributed by atoms with van der Waals surface area (Å²) in [5, 5.41) is 9.85. The average Bonchev–Trinajstić information content (AvgIpc) is 3.55. The van der Waals surface area contributed by atoms with E-state index in [1.54, 1.807) is 30.5 Å². The van der Waals surface area contributed by atoms with Gasteiger partial charge in [-0.25, -0.2) is 9.18 Å². The molecule has 0 saturated heterocycles. The van der Waals surface area contributed by atoms with Crippen LogP contribution in [0.15, 0.2) is 58.7 Å². The number of nitrogens with zero attached hydrogens (tertiary/aromatic N) is 2. The highest BCUT2D eigenvalue weighted by Crippen LogP contribution is 2.43. The van der Waals surface area contributed by atoms with Crippen molar-refractivity contribution < 1.29 is 18.7 Å². The summed E-state index contributed by atoms with van der Waals surface area (Å²) in [6.07, 6.45) is 3.08. The van der Waals surface area contributed by atoms with Crippen molar-refractivity contribution in [2.75, 3.05) is 11.9 Å². The molecule has 1 aliphatic carbocycles. The summed E-state index contributed by atoms with van der Waals surface area (Å²) in [7, 11) is 0. The summed E-state index contributed by atoms with van der Waals surface area (Å²) in [5.74, 6) is -1.68. The van der Waals surface area contributed by atoms with Gasteiger partial charge in [-0.15, -0.1) is 11.3 Å². The maximum Gasteiger partial charge on any atom is 0.359 e. The molecule has 0 radical (unpaired) electrons. The Kier molecular flexibility index (Phi) is 6.83. The molecule has 190 valence electrons. The van der Waals surface area contributed by atoms with Crippen LogP contribution in [0.5, 0.6) is 0 Å². The highest BCUT2D eigenvalue weighted by molar-refractivity contribution is 7.16. The van der Waals surface area contributed by atoms with E-state index in [1.165, 1.54) is 18.2 Å². The highest BCUT2D eigenvalue weighted by atomic mass is 35.5. The van der Waals surface area contributed by atoms with Gasteiger partial charge in [-0.05, 0) is 49.6 Å². The van der Waals surface area contributed by atoms with Crippen LogP contribution >= 0.6 is 22.9 Å². The van der Waals surface area contributed by atoms with Crippen LogP contribution in [0.25, 0.3) is 16.5 Å². The number of ether oxygens (including phenoxy) is 1. The Balaban J connectivity index is 1.65. The number of hydrogen-bond acceptors (Lipinski definition) is 6. The molecule has 0 unspecified atom stereocenters. The molecule has 2 heterocycles. The van der Waals surface area contributed by atoms with E-state index in [-0.39, 0.29) is 39.7 Å². The molecule has 1 amide bonds. The van der Waals surface area contributed by atoms with Crippen LogP contribution in [0.4, 0.5) is 9.39 Å². The van der Waals surface area contributed by atoms with Crippen molar-refractivity contribution in [2.45, 2.75) is 38.0 Å². The van der Waals surface area contributed by atoms with Crippen molar-refractivity contribution >= 4 is 50.6 Å². The maximum atomic E-state index is 14.7. The third kappa shape index (κ3) is 4.42. The molecular weight excluding hydrogens is 517 g/mol. The number of rotatable bonds is 6. The predicted molar refractivity (Wildman–Crippen MR) is 141 cm³/mol. The van der Waals surface area contributed by atoms with E-state index < -0.39 is 22.8 Å². The van der Waals surface area contributed by atoms with E-state index in [0.717, 1.165) is 34.4 Å². The van der Waals surface area contributed by atoms with E-state index in [1.807, 2.05) is 12.1 Å². The van der Waals surface area contributed by atoms with Gasteiger partial charge in [0, 0.05) is 15.8 Å². The van der Waals surface area contributed by atoms with Crippen molar-refractivity contribution in [3.05, 3.63) is 86.4 Å². The van der Waals surface area contributed by atoms with E-state index in [4.69, 9.17) is 16.3 Å². The first-order chi connectivity index (χ1) is 17.9. The number of fused-ring (bicyclic) bond motifs is 1. The number of hydrogen-bond donors (Lipinski definition) is 1. The third-order valence-corrected chi connectivity index (χ3v) is 7.86. The SMILES string of the molecule is CCOC(=O)c1nn(-c2ccccc2F)c(=O)c2c(NC(=O)C3(c4ccc(Cl)cc4)CCCC3)scc12. The molecule has 5 rings (SSSR count). The largest absolute Gasteiger partial charge is 0.461 e. The predicted octanol–water partition coefficient (Wildman–Crippen LogP) is 5.87. The fourth-order valence-corrected chi connectivity index (χ4v) is 5.95. The Morgan fingerprint density at radius 2 is 1.86 bits per heavy atom. The van der Waals surface area contributed by atoms with Crippen molar-refractivity contribution in [3.8, 4) is 5.69 Å². The van der Waals surface area contributed by atoms with Crippen LogP contribution in [0.1, 0.15) is 48.7 Å². The lowest BCUT2D eigenvalue weighted by molar-refractivity contribution is -0.121. The molecule has 1 aliphatic rings. The zero-order chi connectivity index (χ0) is 26.2. The molecule has 2 aromatic heterocycles. The molecule has 0 aliphatic heterocycles. The van der Waals surface area contributed by atoms with Gasteiger partial charge < -0.3 is 10.1 Å².